The van der Waals surface area contributed by atoms with Gasteiger partial charge in [-0.1, -0.05) is 330 Å². The summed E-state index contributed by atoms with van der Waals surface area (Å²) in [5, 5.41) is 10.6. The lowest BCUT2D eigenvalue weighted by atomic mass is 10.0. The fraction of sp³-hybridized carbons (Fsp3) is 0.946. The van der Waals surface area contributed by atoms with Gasteiger partial charge in [-0.05, 0) is 37.5 Å². The number of aliphatic hydroxyl groups is 1. The Bertz CT molecular complexity index is 1800. The second-order valence-electron chi connectivity index (χ2n) is 27.6. The number of carbonyl (C=O) groups is 4. The number of ether oxygens (including phenoxy) is 4. The highest BCUT2D eigenvalue weighted by Gasteiger charge is 2.30. The van der Waals surface area contributed by atoms with E-state index in [2.05, 4.69) is 41.5 Å². The lowest BCUT2D eigenvalue weighted by Gasteiger charge is -2.21. The molecule has 0 rings (SSSR count). The fourth-order valence-electron chi connectivity index (χ4n) is 11.3. The summed E-state index contributed by atoms with van der Waals surface area (Å²) < 4.78 is 68.4. The molecular weight excluding hydrogens is 1220 g/mol. The molecule has 0 aliphatic rings. The molecule has 17 nitrogen and oxygen atoms in total. The minimum Gasteiger partial charge on any atom is -0.462 e. The molecule has 0 amide bonds. The molecule has 0 saturated carbocycles. The highest BCUT2D eigenvalue weighted by molar-refractivity contribution is 7.47. The van der Waals surface area contributed by atoms with Gasteiger partial charge in [0.1, 0.15) is 19.3 Å². The van der Waals surface area contributed by atoms with Gasteiger partial charge in [-0.3, -0.25) is 37.3 Å². The zero-order valence-corrected chi connectivity index (χ0v) is 62.3. The second-order valence-corrected chi connectivity index (χ2v) is 30.5. The molecule has 0 aliphatic carbocycles. The van der Waals surface area contributed by atoms with Crippen LogP contribution in [-0.4, -0.2) is 96.7 Å². The van der Waals surface area contributed by atoms with Crippen molar-refractivity contribution in [3.63, 3.8) is 0 Å². The molecule has 0 aromatic heterocycles. The summed E-state index contributed by atoms with van der Waals surface area (Å²) >= 11 is 0. The van der Waals surface area contributed by atoms with Crippen LogP contribution in [0, 0.1) is 11.8 Å². The predicted octanol–water partition coefficient (Wildman–Crippen LogP) is 21.6. The van der Waals surface area contributed by atoms with Gasteiger partial charge in [0.25, 0.3) is 0 Å². The first-order valence-electron chi connectivity index (χ1n) is 38.5. The van der Waals surface area contributed by atoms with E-state index in [-0.39, 0.29) is 25.7 Å². The predicted molar refractivity (Wildman–Crippen MR) is 377 cm³/mol. The highest BCUT2D eigenvalue weighted by atomic mass is 31.2. The van der Waals surface area contributed by atoms with Gasteiger partial charge in [0.15, 0.2) is 12.2 Å². The molecule has 0 saturated heterocycles. The Morgan fingerprint density at radius 1 is 0.290 bits per heavy atom. The van der Waals surface area contributed by atoms with E-state index in [1.54, 1.807) is 0 Å². The van der Waals surface area contributed by atoms with Crippen molar-refractivity contribution in [2.75, 3.05) is 39.6 Å². The monoisotopic (exact) mass is 1370 g/mol. The molecule has 0 radical (unpaired) electrons. The van der Waals surface area contributed by atoms with Crippen LogP contribution in [0.25, 0.3) is 0 Å². The molecule has 0 aromatic carbocycles. The standard InChI is InChI=1S/C74H144O17P2/c1-7-9-11-13-15-17-19-20-21-22-23-24-25-26-27-33-40-46-52-58-73(78)90-69(63-85-72(77)57-51-45-39-34-28-30-36-42-48-54-66(3)4)64-88-92(80,81)86-60-68(75)61-87-93(82,83)89-65-70(62-84-71(76)56-50-44-38-32-18-16-14-12-10-8-2)91-74(79)59-53-47-41-35-29-31-37-43-49-55-67(5)6/h66-70,75H,7-65H2,1-6H3,(H,80,81)(H,82,83)/t68-,69-,70-/m1/s1. The van der Waals surface area contributed by atoms with Crippen molar-refractivity contribution in [2.45, 2.75) is 400 Å². The van der Waals surface area contributed by atoms with Crippen LogP contribution in [0.5, 0.6) is 0 Å². The van der Waals surface area contributed by atoms with Gasteiger partial charge in [-0.15, -0.1) is 0 Å². The van der Waals surface area contributed by atoms with E-state index in [1.165, 1.54) is 199 Å². The molecule has 0 spiro atoms. The molecule has 2 unspecified atom stereocenters. The summed E-state index contributed by atoms with van der Waals surface area (Å²) in [6, 6.07) is 0. The van der Waals surface area contributed by atoms with E-state index in [4.69, 9.17) is 37.0 Å². The summed E-state index contributed by atoms with van der Waals surface area (Å²) in [7, 11) is -9.91. The molecule has 3 N–H and O–H groups in total. The molecule has 552 valence electrons. The minimum absolute atomic E-state index is 0.105. The normalized spacial score (nSPS) is 14.1. The van der Waals surface area contributed by atoms with Crippen molar-refractivity contribution >= 4 is 39.5 Å². The van der Waals surface area contributed by atoms with Gasteiger partial charge in [0.05, 0.1) is 26.4 Å². The maximum atomic E-state index is 13.1. The van der Waals surface area contributed by atoms with E-state index < -0.39 is 97.5 Å². The van der Waals surface area contributed by atoms with Crippen LogP contribution in [0.4, 0.5) is 0 Å². The molecule has 0 bridgehead atoms. The van der Waals surface area contributed by atoms with E-state index in [1.807, 2.05) is 0 Å². The summed E-state index contributed by atoms with van der Waals surface area (Å²) in [6.45, 7) is 9.53. The summed E-state index contributed by atoms with van der Waals surface area (Å²) in [4.78, 5) is 72.7. The average molecular weight is 1370 g/mol. The number of unbranched alkanes of at least 4 members (excludes halogenated alkanes) is 43. The molecule has 5 atom stereocenters. The molecule has 0 aliphatic heterocycles. The first kappa shape index (κ1) is 91.1. The lowest BCUT2D eigenvalue weighted by Crippen LogP contribution is -2.30. The van der Waals surface area contributed by atoms with Gasteiger partial charge in [0.2, 0.25) is 0 Å². The zero-order chi connectivity index (χ0) is 68.6. The molecule has 0 aromatic rings. The average Bonchev–Trinajstić information content (AvgIpc) is 2.47. The van der Waals surface area contributed by atoms with E-state index in [9.17, 15) is 43.2 Å². The van der Waals surface area contributed by atoms with Gasteiger partial charge >= 0.3 is 39.5 Å². The SMILES string of the molecule is CCCCCCCCCCCCCCCCCCCCCC(=O)O[C@H](COC(=O)CCCCCCCCCCCC(C)C)COP(=O)(O)OC[C@@H](O)COP(=O)(O)OC[C@@H](COC(=O)CCCCCCCCCCCC)OC(=O)CCCCCCCCCCCC(C)C. The molecule has 0 heterocycles. The molecular formula is C74H144O17P2. The third kappa shape index (κ3) is 68.4. The van der Waals surface area contributed by atoms with E-state index >= 15 is 0 Å². The Labute approximate surface area is 568 Å². The van der Waals surface area contributed by atoms with Crippen LogP contribution < -0.4 is 0 Å². The molecule has 19 heteroatoms. The van der Waals surface area contributed by atoms with Crippen molar-refractivity contribution in [3.8, 4) is 0 Å². The molecule has 93 heavy (non-hydrogen) atoms. The number of aliphatic hydroxyl groups excluding tert-OH is 1. The summed E-state index contributed by atoms with van der Waals surface area (Å²) in [5.41, 5.74) is 0. The Morgan fingerprint density at radius 3 is 0.731 bits per heavy atom. The topological polar surface area (TPSA) is 237 Å². The Kier molecular flexibility index (Phi) is 64.6. The summed E-state index contributed by atoms with van der Waals surface area (Å²) in [6.07, 6.45) is 52.8. The van der Waals surface area contributed by atoms with Gasteiger partial charge in [-0.2, -0.15) is 0 Å². The van der Waals surface area contributed by atoms with Crippen molar-refractivity contribution in [3.05, 3.63) is 0 Å². The second kappa shape index (κ2) is 66.0. The fourth-order valence-corrected chi connectivity index (χ4v) is 12.9. The number of phosphoric acid groups is 2. The Balaban J connectivity index is 5.22. The van der Waals surface area contributed by atoms with E-state index in [0.717, 1.165) is 102 Å². The first-order valence-corrected chi connectivity index (χ1v) is 41.5. The van der Waals surface area contributed by atoms with Crippen LogP contribution in [-0.2, 0) is 65.4 Å². The Morgan fingerprint density at radius 2 is 0.495 bits per heavy atom. The first-order chi connectivity index (χ1) is 44.9. The highest BCUT2D eigenvalue weighted by Crippen LogP contribution is 2.45. The number of hydrogen-bond acceptors (Lipinski definition) is 15. The smallest absolute Gasteiger partial charge is 0.462 e. The number of carbonyl (C=O) groups excluding carboxylic acids is 4. The van der Waals surface area contributed by atoms with Crippen LogP contribution in [0.15, 0.2) is 0 Å². The van der Waals surface area contributed by atoms with E-state index in [0.29, 0.717) is 25.7 Å². The maximum Gasteiger partial charge on any atom is 0.472 e. The molecule has 0 fully saturated rings. The van der Waals surface area contributed by atoms with Crippen molar-refractivity contribution in [1.82, 2.24) is 0 Å². The number of rotatable bonds is 73. The van der Waals surface area contributed by atoms with Crippen LogP contribution in [0.3, 0.4) is 0 Å². The van der Waals surface area contributed by atoms with Gasteiger partial charge in [0, 0.05) is 25.7 Å². The van der Waals surface area contributed by atoms with Gasteiger partial charge in [-0.25, -0.2) is 9.13 Å². The minimum atomic E-state index is -4.95. The zero-order valence-electron chi connectivity index (χ0n) is 60.6. The number of hydrogen-bond donors (Lipinski definition) is 3. The third-order valence-corrected chi connectivity index (χ3v) is 19.1. The van der Waals surface area contributed by atoms with Crippen molar-refractivity contribution < 1.29 is 80.2 Å². The summed E-state index contributed by atoms with van der Waals surface area (Å²) in [5.74, 6) is -0.639. The lowest BCUT2D eigenvalue weighted by molar-refractivity contribution is -0.161. The van der Waals surface area contributed by atoms with Crippen LogP contribution in [0.1, 0.15) is 382 Å². The van der Waals surface area contributed by atoms with Crippen LogP contribution >= 0.6 is 15.6 Å². The Hall–Kier alpha value is -1.94. The van der Waals surface area contributed by atoms with Crippen molar-refractivity contribution in [2.24, 2.45) is 11.8 Å². The largest absolute Gasteiger partial charge is 0.472 e. The van der Waals surface area contributed by atoms with Gasteiger partial charge < -0.3 is 33.8 Å². The number of esters is 4. The van der Waals surface area contributed by atoms with Crippen molar-refractivity contribution in [1.29, 1.82) is 0 Å². The number of phosphoric ester groups is 2. The quantitative estimate of drug-likeness (QED) is 0.0222. The third-order valence-electron chi connectivity index (χ3n) is 17.2. The maximum absolute atomic E-state index is 13.1. The van der Waals surface area contributed by atoms with Crippen LogP contribution in [0.2, 0.25) is 0 Å².